The Morgan fingerprint density at radius 3 is 2.76 bits per heavy atom. The molecule has 0 N–H and O–H groups in total. The number of benzene rings is 2. The summed E-state index contributed by atoms with van der Waals surface area (Å²) in [6, 6.07) is 13.5. The fourth-order valence-corrected chi connectivity index (χ4v) is 3.44. The van der Waals surface area contributed by atoms with Crippen LogP contribution in [-0.4, -0.2) is 22.5 Å². The number of hydrogen-bond acceptors (Lipinski definition) is 3. The van der Waals surface area contributed by atoms with Crippen molar-refractivity contribution in [1.82, 2.24) is 10.1 Å². The van der Waals surface area contributed by atoms with E-state index in [1.54, 1.807) is 23.1 Å². The zero-order chi connectivity index (χ0) is 17.4. The van der Waals surface area contributed by atoms with Gasteiger partial charge >= 0.3 is 0 Å². The Morgan fingerprint density at radius 2 is 2.00 bits per heavy atom. The fraction of sp³-hybridized carbons (Fsp3) is 0.158. The van der Waals surface area contributed by atoms with E-state index in [4.69, 9.17) is 4.52 Å². The van der Waals surface area contributed by atoms with E-state index in [0.717, 1.165) is 21.3 Å². The van der Waals surface area contributed by atoms with Crippen LogP contribution in [0.25, 0.3) is 11.3 Å². The topological polar surface area (TPSA) is 46.3 Å². The van der Waals surface area contributed by atoms with Gasteiger partial charge in [-0.25, -0.2) is 4.39 Å². The van der Waals surface area contributed by atoms with Gasteiger partial charge < -0.3 is 9.42 Å². The van der Waals surface area contributed by atoms with E-state index in [-0.39, 0.29) is 11.7 Å². The second-order valence-electron chi connectivity index (χ2n) is 5.93. The summed E-state index contributed by atoms with van der Waals surface area (Å²) in [5, 5.41) is 4.13. The van der Waals surface area contributed by atoms with E-state index < -0.39 is 0 Å². The van der Waals surface area contributed by atoms with Crippen LogP contribution < -0.4 is 0 Å². The van der Waals surface area contributed by atoms with Crippen LogP contribution in [0.5, 0.6) is 0 Å². The highest BCUT2D eigenvalue weighted by Gasteiger charge is 2.27. The molecule has 1 amide bonds. The highest BCUT2D eigenvalue weighted by molar-refractivity contribution is 9.10. The van der Waals surface area contributed by atoms with Crippen LogP contribution in [0.4, 0.5) is 4.39 Å². The first-order chi connectivity index (χ1) is 12.1. The van der Waals surface area contributed by atoms with Gasteiger partial charge in [0.2, 0.25) is 0 Å². The Balaban J connectivity index is 1.58. The van der Waals surface area contributed by atoms with E-state index in [1.165, 1.54) is 12.1 Å². The van der Waals surface area contributed by atoms with Crippen LogP contribution in [-0.2, 0) is 13.0 Å². The molecule has 0 saturated heterocycles. The molecule has 0 spiro atoms. The third-order valence-corrected chi connectivity index (χ3v) is 4.80. The number of rotatable bonds is 2. The van der Waals surface area contributed by atoms with Crippen molar-refractivity contribution in [2.75, 3.05) is 6.54 Å². The minimum atomic E-state index is -0.289. The highest BCUT2D eigenvalue weighted by Crippen LogP contribution is 2.31. The van der Waals surface area contributed by atoms with Crippen LogP contribution in [0.3, 0.4) is 0 Å². The van der Waals surface area contributed by atoms with E-state index in [9.17, 15) is 9.18 Å². The van der Waals surface area contributed by atoms with Gasteiger partial charge in [0.05, 0.1) is 6.54 Å². The number of carbonyl (C=O) groups is 1. The van der Waals surface area contributed by atoms with Crippen molar-refractivity contribution in [2.24, 2.45) is 0 Å². The van der Waals surface area contributed by atoms with Crippen LogP contribution >= 0.6 is 15.9 Å². The van der Waals surface area contributed by atoms with Crippen molar-refractivity contribution in [3.8, 4) is 11.3 Å². The molecule has 0 bridgehead atoms. The third kappa shape index (κ3) is 3.09. The fourth-order valence-electron chi connectivity index (χ4n) is 3.04. The third-order valence-electron chi connectivity index (χ3n) is 4.31. The van der Waals surface area contributed by atoms with E-state index in [2.05, 4.69) is 21.1 Å². The van der Waals surface area contributed by atoms with Gasteiger partial charge in [-0.3, -0.25) is 4.79 Å². The largest absolute Gasteiger partial charge is 0.356 e. The first-order valence-electron chi connectivity index (χ1n) is 7.90. The molecule has 1 aromatic heterocycles. The van der Waals surface area contributed by atoms with Crippen LogP contribution in [0, 0.1) is 5.82 Å². The molecule has 1 aliphatic rings. The minimum Gasteiger partial charge on any atom is -0.356 e. The summed E-state index contributed by atoms with van der Waals surface area (Å²) in [7, 11) is 0. The lowest BCUT2D eigenvalue weighted by Crippen LogP contribution is -2.35. The molecule has 6 heteroatoms. The molecule has 2 heterocycles. The molecule has 0 radical (unpaired) electrons. The smallest absolute Gasteiger partial charge is 0.254 e. The monoisotopic (exact) mass is 400 g/mol. The second-order valence-corrected chi connectivity index (χ2v) is 6.85. The molecule has 126 valence electrons. The highest BCUT2D eigenvalue weighted by atomic mass is 79.9. The molecule has 0 saturated carbocycles. The van der Waals surface area contributed by atoms with Crippen LogP contribution in [0.15, 0.2) is 57.5 Å². The van der Waals surface area contributed by atoms with Gasteiger partial charge in [-0.1, -0.05) is 27.2 Å². The Bertz CT molecular complexity index is 937. The molecule has 1 aliphatic heterocycles. The quantitative estimate of drug-likeness (QED) is 0.638. The van der Waals surface area contributed by atoms with Gasteiger partial charge in [0.25, 0.3) is 5.91 Å². The average Bonchev–Trinajstić information content (AvgIpc) is 3.05. The van der Waals surface area contributed by atoms with Gasteiger partial charge in [0, 0.05) is 27.7 Å². The molecule has 25 heavy (non-hydrogen) atoms. The molecule has 0 aliphatic carbocycles. The number of nitrogens with zero attached hydrogens (tertiary/aromatic N) is 2. The van der Waals surface area contributed by atoms with Crippen molar-refractivity contribution >= 4 is 21.8 Å². The average molecular weight is 401 g/mol. The van der Waals surface area contributed by atoms with Crippen molar-refractivity contribution in [3.63, 3.8) is 0 Å². The van der Waals surface area contributed by atoms with Gasteiger partial charge in [-0.15, -0.1) is 0 Å². The summed E-state index contributed by atoms with van der Waals surface area (Å²) in [6.07, 6.45) is 0.658. The Kier molecular flexibility index (Phi) is 4.13. The molecule has 0 atom stereocenters. The van der Waals surface area contributed by atoms with E-state index in [0.29, 0.717) is 30.8 Å². The summed E-state index contributed by atoms with van der Waals surface area (Å²) >= 11 is 3.39. The number of fused-ring (bicyclic) bond motifs is 1. The standard InChI is InChI=1S/C19H14BrFN2O2/c20-14-3-1-2-13(10-14)19(24)23-9-8-16-17(11-23)22-25-18(16)12-4-6-15(21)7-5-12/h1-7,10H,8-9,11H2. The van der Waals surface area contributed by atoms with Crippen molar-refractivity contribution in [3.05, 3.63) is 75.6 Å². The van der Waals surface area contributed by atoms with Crippen LogP contribution in [0.1, 0.15) is 21.6 Å². The molecule has 3 aromatic rings. The lowest BCUT2D eigenvalue weighted by Gasteiger charge is -2.26. The number of amides is 1. The Hall–Kier alpha value is -2.47. The number of carbonyl (C=O) groups excluding carboxylic acids is 1. The van der Waals surface area contributed by atoms with Crippen LogP contribution in [0.2, 0.25) is 0 Å². The first-order valence-corrected chi connectivity index (χ1v) is 8.69. The number of hydrogen-bond donors (Lipinski definition) is 0. The molecule has 4 nitrogen and oxygen atoms in total. The maximum absolute atomic E-state index is 13.1. The van der Waals surface area contributed by atoms with Crippen molar-refractivity contribution in [1.29, 1.82) is 0 Å². The number of halogens is 2. The van der Waals surface area contributed by atoms with E-state index in [1.807, 2.05) is 18.2 Å². The maximum Gasteiger partial charge on any atom is 0.254 e. The van der Waals surface area contributed by atoms with Crippen molar-refractivity contribution in [2.45, 2.75) is 13.0 Å². The first kappa shape index (κ1) is 16.0. The molecule has 0 fully saturated rings. The van der Waals surface area contributed by atoms with E-state index >= 15 is 0 Å². The summed E-state index contributed by atoms with van der Waals surface area (Å²) in [4.78, 5) is 14.4. The predicted octanol–water partition coefficient (Wildman–Crippen LogP) is 4.44. The van der Waals surface area contributed by atoms with Crippen molar-refractivity contribution < 1.29 is 13.7 Å². The van der Waals surface area contributed by atoms with Gasteiger partial charge in [0.1, 0.15) is 11.5 Å². The Labute approximate surface area is 152 Å². The zero-order valence-corrected chi connectivity index (χ0v) is 14.8. The van der Waals surface area contributed by atoms with Gasteiger partial charge in [-0.2, -0.15) is 0 Å². The summed E-state index contributed by atoms with van der Waals surface area (Å²) in [5.74, 6) is 0.339. The lowest BCUT2D eigenvalue weighted by molar-refractivity contribution is 0.0731. The van der Waals surface area contributed by atoms with Gasteiger partial charge in [0.15, 0.2) is 5.76 Å². The second kappa shape index (κ2) is 6.44. The molecular weight excluding hydrogens is 387 g/mol. The minimum absolute atomic E-state index is 0.0294. The van der Waals surface area contributed by atoms with Gasteiger partial charge in [-0.05, 0) is 48.9 Å². The zero-order valence-electron chi connectivity index (χ0n) is 13.2. The Morgan fingerprint density at radius 1 is 1.20 bits per heavy atom. The SMILES string of the molecule is O=C(c1cccc(Br)c1)N1CCc2c(noc2-c2ccc(F)cc2)C1. The molecule has 0 unspecified atom stereocenters. The maximum atomic E-state index is 13.1. The molecular formula is C19H14BrFN2O2. The summed E-state index contributed by atoms with van der Waals surface area (Å²) < 4.78 is 19.5. The number of aromatic nitrogens is 1. The lowest BCUT2D eigenvalue weighted by atomic mass is 10.00. The molecule has 4 rings (SSSR count). The summed E-state index contributed by atoms with van der Waals surface area (Å²) in [6.45, 7) is 0.999. The molecule has 2 aromatic carbocycles. The predicted molar refractivity (Wildman–Crippen MR) is 94.5 cm³/mol. The normalized spacial score (nSPS) is 13.6. The summed E-state index contributed by atoms with van der Waals surface area (Å²) in [5.41, 5.74) is 3.18.